The standard InChI is InChI=1S/C34H42N2O12/c1-32-12-10-21(37)15-19(32)6-7-22-23-11-13-34(45,33(23,2)16-24(38)28(22)32)25(39)17-48-27(41)9-8-26(40)35-29(31(43)44)30(42)18-4-3-5-20(14-18)36(46)47/h3-5,14-15,22-24,28-30,38,42,45H,6-13,16-17H2,1-2H3,(H,35,40)(H,43,44)/t22?,23?,24-,28?,29?,30?,32-,33-,34-/m0/s1. The Morgan fingerprint density at radius 2 is 1.85 bits per heavy atom. The Labute approximate surface area is 276 Å². The zero-order chi connectivity index (χ0) is 35.2. The Balaban J connectivity index is 1.16. The van der Waals surface area contributed by atoms with E-state index in [1.54, 1.807) is 6.08 Å². The summed E-state index contributed by atoms with van der Waals surface area (Å²) in [7, 11) is 0. The van der Waals surface area contributed by atoms with Crippen molar-refractivity contribution in [1.82, 2.24) is 5.32 Å². The number of hydrogen-bond acceptors (Lipinski definition) is 11. The minimum atomic E-state index is -1.87. The molecule has 5 unspecified atom stereocenters. The number of aliphatic hydroxyl groups is 3. The number of aliphatic carboxylic acids is 1. The van der Waals surface area contributed by atoms with E-state index in [-0.39, 0.29) is 53.0 Å². The molecule has 0 aliphatic heterocycles. The molecule has 0 spiro atoms. The number of carboxylic acids is 1. The van der Waals surface area contributed by atoms with Crippen molar-refractivity contribution in [2.45, 2.75) is 95.5 Å². The number of allylic oxidation sites excluding steroid dienone is 1. The number of aliphatic hydroxyl groups excluding tert-OH is 2. The lowest BCUT2D eigenvalue weighted by atomic mass is 9.45. The number of nitro groups is 1. The van der Waals surface area contributed by atoms with Crippen molar-refractivity contribution in [3.05, 3.63) is 51.6 Å². The summed E-state index contributed by atoms with van der Waals surface area (Å²) in [6, 6.07) is 2.79. The minimum absolute atomic E-state index is 0.0437. The first-order valence-corrected chi connectivity index (χ1v) is 16.3. The van der Waals surface area contributed by atoms with E-state index < -0.39 is 77.3 Å². The van der Waals surface area contributed by atoms with Gasteiger partial charge in [0.15, 0.2) is 18.4 Å². The molecule has 1 aromatic carbocycles. The predicted molar refractivity (Wildman–Crippen MR) is 166 cm³/mol. The van der Waals surface area contributed by atoms with Gasteiger partial charge in [-0.3, -0.25) is 29.3 Å². The van der Waals surface area contributed by atoms with Crippen LogP contribution in [0.3, 0.4) is 0 Å². The third-order valence-corrected chi connectivity index (χ3v) is 11.8. The molecule has 48 heavy (non-hydrogen) atoms. The number of rotatable bonds is 11. The largest absolute Gasteiger partial charge is 0.480 e. The third-order valence-electron chi connectivity index (χ3n) is 11.8. The van der Waals surface area contributed by atoms with E-state index in [1.807, 2.05) is 6.92 Å². The Bertz CT molecular complexity index is 1560. The number of carbonyl (C=O) groups excluding carboxylic acids is 4. The monoisotopic (exact) mass is 670 g/mol. The predicted octanol–water partition coefficient (Wildman–Crippen LogP) is 2.32. The summed E-state index contributed by atoms with van der Waals surface area (Å²) in [5, 5.41) is 56.6. The van der Waals surface area contributed by atoms with Gasteiger partial charge in [-0.1, -0.05) is 31.6 Å². The molecule has 5 rings (SSSR count). The van der Waals surface area contributed by atoms with Gasteiger partial charge in [-0.15, -0.1) is 0 Å². The van der Waals surface area contributed by atoms with Crippen LogP contribution in [0.15, 0.2) is 35.9 Å². The van der Waals surface area contributed by atoms with Crippen LogP contribution < -0.4 is 5.32 Å². The molecule has 4 aliphatic rings. The van der Waals surface area contributed by atoms with Crippen molar-refractivity contribution in [3.63, 3.8) is 0 Å². The van der Waals surface area contributed by atoms with E-state index in [9.17, 15) is 54.5 Å². The number of esters is 1. The average Bonchev–Trinajstić information content (AvgIpc) is 3.31. The van der Waals surface area contributed by atoms with Crippen LogP contribution in [0.5, 0.6) is 0 Å². The topological polar surface area (TPSA) is 231 Å². The lowest BCUT2D eigenvalue weighted by molar-refractivity contribution is -0.385. The van der Waals surface area contributed by atoms with Gasteiger partial charge >= 0.3 is 11.9 Å². The number of nitro benzene ring substituents is 1. The maximum absolute atomic E-state index is 13.5. The smallest absolute Gasteiger partial charge is 0.329 e. The number of non-ortho nitro benzene ring substituents is 1. The number of amides is 1. The number of nitrogens with zero attached hydrogens (tertiary/aromatic N) is 1. The van der Waals surface area contributed by atoms with E-state index in [2.05, 4.69) is 12.2 Å². The first-order valence-electron chi connectivity index (χ1n) is 16.3. The summed E-state index contributed by atoms with van der Waals surface area (Å²) in [6.45, 7) is 3.17. The zero-order valence-corrected chi connectivity index (χ0v) is 26.9. The number of ketones is 2. The Morgan fingerprint density at radius 3 is 2.54 bits per heavy atom. The van der Waals surface area contributed by atoms with Crippen LogP contribution in [0.4, 0.5) is 5.69 Å². The summed E-state index contributed by atoms with van der Waals surface area (Å²) in [6.07, 6.45) is 1.46. The van der Waals surface area contributed by atoms with Crippen molar-refractivity contribution in [2.75, 3.05) is 6.61 Å². The molecule has 0 saturated heterocycles. The van der Waals surface area contributed by atoms with Crippen LogP contribution in [0, 0.1) is 38.7 Å². The second kappa shape index (κ2) is 13.1. The fraction of sp³-hybridized carbons (Fsp3) is 0.618. The van der Waals surface area contributed by atoms with E-state index in [0.717, 1.165) is 30.5 Å². The number of fused-ring (bicyclic) bond motifs is 5. The van der Waals surface area contributed by atoms with Crippen LogP contribution >= 0.6 is 0 Å². The summed E-state index contributed by atoms with van der Waals surface area (Å²) < 4.78 is 5.13. The molecule has 0 radical (unpaired) electrons. The van der Waals surface area contributed by atoms with Crippen LogP contribution in [-0.2, 0) is 28.7 Å². The van der Waals surface area contributed by atoms with Crippen LogP contribution in [0.25, 0.3) is 0 Å². The Morgan fingerprint density at radius 1 is 1.12 bits per heavy atom. The van der Waals surface area contributed by atoms with Gasteiger partial charge in [-0.05, 0) is 73.3 Å². The number of Topliss-reactive ketones (excluding diaryl/α,β-unsaturated/α-hetero) is 1. The summed E-state index contributed by atoms with van der Waals surface area (Å²) in [5.41, 5.74) is -2.56. The van der Waals surface area contributed by atoms with Crippen molar-refractivity contribution in [3.8, 4) is 0 Å². The molecule has 5 N–H and O–H groups in total. The van der Waals surface area contributed by atoms with Gasteiger partial charge in [-0.25, -0.2) is 4.79 Å². The van der Waals surface area contributed by atoms with E-state index in [1.165, 1.54) is 12.1 Å². The van der Waals surface area contributed by atoms with Gasteiger partial charge in [0.1, 0.15) is 11.7 Å². The number of hydrogen-bond donors (Lipinski definition) is 5. The zero-order valence-electron chi connectivity index (χ0n) is 26.9. The number of nitrogens with one attached hydrogen (secondary N) is 1. The molecule has 3 fully saturated rings. The Hall–Kier alpha value is -4.01. The van der Waals surface area contributed by atoms with Crippen LogP contribution in [-0.4, -0.2) is 79.1 Å². The Kier molecular flexibility index (Phi) is 9.65. The van der Waals surface area contributed by atoms with Gasteiger partial charge in [0.2, 0.25) is 11.7 Å². The van der Waals surface area contributed by atoms with Crippen LogP contribution in [0.2, 0.25) is 0 Å². The highest BCUT2D eigenvalue weighted by molar-refractivity contribution is 5.92. The van der Waals surface area contributed by atoms with Crippen molar-refractivity contribution < 1.29 is 54.1 Å². The third kappa shape index (κ3) is 6.16. The number of carboxylic acid groups (broad SMARTS) is 1. The molecule has 1 aromatic rings. The fourth-order valence-corrected chi connectivity index (χ4v) is 9.24. The fourth-order valence-electron chi connectivity index (χ4n) is 9.24. The van der Waals surface area contributed by atoms with Gasteiger partial charge in [0.25, 0.3) is 5.69 Å². The highest BCUT2D eigenvalue weighted by atomic mass is 16.6. The van der Waals surface area contributed by atoms with E-state index in [0.29, 0.717) is 19.3 Å². The number of carbonyl (C=O) groups is 5. The van der Waals surface area contributed by atoms with E-state index in [4.69, 9.17) is 4.74 Å². The second-order valence-electron chi connectivity index (χ2n) is 14.2. The highest BCUT2D eigenvalue weighted by Crippen LogP contribution is 2.67. The molecule has 260 valence electrons. The normalized spacial score (nSPS) is 33.6. The van der Waals surface area contributed by atoms with Crippen molar-refractivity contribution in [2.24, 2.45) is 28.6 Å². The lowest BCUT2D eigenvalue weighted by Gasteiger charge is -2.60. The first kappa shape index (κ1) is 35.3. The van der Waals surface area contributed by atoms with E-state index >= 15 is 0 Å². The maximum Gasteiger partial charge on any atom is 0.329 e. The highest BCUT2D eigenvalue weighted by Gasteiger charge is 2.68. The van der Waals surface area contributed by atoms with Crippen LogP contribution in [0.1, 0.15) is 83.3 Å². The summed E-state index contributed by atoms with van der Waals surface area (Å²) in [4.78, 5) is 72.7. The number of ether oxygens (including phenoxy) is 1. The quantitative estimate of drug-likeness (QED) is 0.130. The summed E-state index contributed by atoms with van der Waals surface area (Å²) >= 11 is 0. The van der Waals surface area contributed by atoms with Gasteiger partial charge < -0.3 is 30.5 Å². The molecule has 1 amide bonds. The molecule has 3 saturated carbocycles. The molecule has 0 heterocycles. The van der Waals surface area contributed by atoms with Gasteiger partial charge in [0.05, 0.1) is 17.4 Å². The maximum atomic E-state index is 13.5. The molecule has 9 atom stereocenters. The molecular weight excluding hydrogens is 628 g/mol. The number of benzene rings is 1. The van der Waals surface area contributed by atoms with Crippen molar-refractivity contribution in [1.29, 1.82) is 0 Å². The molecule has 14 nitrogen and oxygen atoms in total. The van der Waals surface area contributed by atoms with Crippen molar-refractivity contribution >= 4 is 35.1 Å². The molecular formula is C34H42N2O12. The lowest BCUT2D eigenvalue weighted by Crippen LogP contribution is -2.62. The first-order chi connectivity index (χ1) is 22.5. The summed E-state index contributed by atoms with van der Waals surface area (Å²) in [5.74, 6) is -4.19. The molecule has 4 aliphatic carbocycles. The average molecular weight is 671 g/mol. The molecule has 0 bridgehead atoms. The van der Waals surface area contributed by atoms with Gasteiger partial charge in [0, 0.05) is 30.4 Å². The molecule has 14 heteroatoms. The SMILES string of the molecule is C[C@]12CCC(=O)C=C1CCC1C2[C@@H](O)C[C@@]2(C)C1CC[C@]2(O)C(=O)COC(=O)CCC(=O)NC(C(=O)O)C(O)c1cccc([N+](=O)[O-])c1. The minimum Gasteiger partial charge on any atom is -0.480 e. The second-order valence-corrected chi connectivity index (χ2v) is 14.2. The van der Waals surface area contributed by atoms with Gasteiger partial charge in [-0.2, -0.15) is 0 Å². The molecule has 0 aromatic heterocycles.